The van der Waals surface area contributed by atoms with Crippen LogP contribution in [0, 0.1) is 5.92 Å². The molecule has 0 aliphatic carbocycles. The lowest BCUT2D eigenvalue weighted by Gasteiger charge is -2.39. The monoisotopic (exact) mass is 719 g/mol. The number of carbonyl (C=O) groups excluding carboxylic acids is 2. The summed E-state index contributed by atoms with van der Waals surface area (Å²) >= 11 is 13.8. The van der Waals surface area contributed by atoms with Gasteiger partial charge in [-0.1, -0.05) is 41.4 Å². The van der Waals surface area contributed by atoms with E-state index >= 15 is 0 Å². The third-order valence-electron chi connectivity index (χ3n) is 8.82. The number of anilines is 1. The predicted molar refractivity (Wildman–Crippen MR) is 192 cm³/mol. The summed E-state index contributed by atoms with van der Waals surface area (Å²) in [5, 5.41) is 9.81. The Hall–Kier alpha value is -4.33. The molecule has 14 heteroatoms. The first kappa shape index (κ1) is 35.5. The fraction of sp³-hybridized carbons (Fsp3) is 0.361. The largest absolute Gasteiger partial charge is 0.496 e. The number of hydrogen-bond acceptors (Lipinski definition) is 10. The molecule has 2 saturated heterocycles. The Morgan fingerprint density at radius 2 is 1.86 bits per heavy atom. The SMILES string of the molecule is COCC1CN(Cc2cnc(C(=O)Nc3cccc(-c4nccc(-c5ccc(CNC[C@H]6CCC(=O)N6)c(OC)n5)c4Cl)c3Cl)cc2OC)C1. The van der Waals surface area contributed by atoms with Crippen LogP contribution in [-0.4, -0.2) is 85.3 Å². The van der Waals surface area contributed by atoms with Gasteiger partial charge < -0.3 is 30.2 Å². The lowest BCUT2D eigenvalue weighted by molar-refractivity contribution is -0.119. The van der Waals surface area contributed by atoms with Gasteiger partial charge in [-0.15, -0.1) is 0 Å². The molecule has 0 radical (unpaired) electrons. The van der Waals surface area contributed by atoms with Gasteiger partial charge in [-0.3, -0.25) is 24.5 Å². The Bertz CT molecular complexity index is 1870. The summed E-state index contributed by atoms with van der Waals surface area (Å²) in [5.74, 6) is 1.21. The number of pyridine rings is 3. The number of nitrogens with zero attached hydrogens (tertiary/aromatic N) is 4. The number of nitrogens with one attached hydrogen (secondary N) is 3. The maximum Gasteiger partial charge on any atom is 0.274 e. The van der Waals surface area contributed by atoms with Crippen LogP contribution in [0.25, 0.3) is 22.5 Å². The summed E-state index contributed by atoms with van der Waals surface area (Å²) in [6.45, 7) is 4.47. The second-order valence-corrected chi connectivity index (χ2v) is 13.1. The highest BCUT2D eigenvalue weighted by Gasteiger charge is 2.28. The van der Waals surface area contributed by atoms with Gasteiger partial charge in [0.05, 0.1) is 47.9 Å². The second kappa shape index (κ2) is 16.1. The summed E-state index contributed by atoms with van der Waals surface area (Å²) in [6.07, 6.45) is 4.68. The topological polar surface area (TPSA) is 140 Å². The minimum absolute atomic E-state index is 0.0844. The maximum absolute atomic E-state index is 13.3. The molecule has 2 fully saturated rings. The summed E-state index contributed by atoms with van der Waals surface area (Å²) < 4.78 is 16.5. The molecular formula is C36H39Cl2N7O5. The van der Waals surface area contributed by atoms with Gasteiger partial charge in [-0.25, -0.2) is 4.98 Å². The first-order valence-electron chi connectivity index (χ1n) is 16.3. The zero-order valence-electron chi connectivity index (χ0n) is 28.1. The van der Waals surface area contributed by atoms with E-state index in [0.717, 1.165) is 37.2 Å². The molecular weight excluding hydrogens is 681 g/mol. The summed E-state index contributed by atoms with van der Waals surface area (Å²) in [7, 11) is 4.86. The molecule has 12 nitrogen and oxygen atoms in total. The molecule has 0 saturated carbocycles. The summed E-state index contributed by atoms with van der Waals surface area (Å²) in [5.41, 5.74) is 4.52. The van der Waals surface area contributed by atoms with Crippen molar-refractivity contribution in [2.24, 2.45) is 5.92 Å². The average Bonchev–Trinajstić information content (AvgIpc) is 3.53. The van der Waals surface area contributed by atoms with Crippen LogP contribution >= 0.6 is 23.2 Å². The molecule has 262 valence electrons. The number of likely N-dealkylation sites (tertiary alicyclic amines) is 1. The summed E-state index contributed by atoms with van der Waals surface area (Å²) in [6, 6.07) is 12.6. The molecule has 4 aromatic rings. The lowest BCUT2D eigenvalue weighted by atomic mass is 10.0. The van der Waals surface area contributed by atoms with E-state index in [1.54, 1.807) is 64.1 Å². The Balaban J connectivity index is 1.16. The number of rotatable bonds is 14. The number of halogens is 2. The molecule has 0 unspecified atom stereocenters. The van der Waals surface area contributed by atoms with Gasteiger partial charge in [0.2, 0.25) is 11.8 Å². The minimum Gasteiger partial charge on any atom is -0.496 e. The van der Waals surface area contributed by atoms with E-state index in [1.807, 2.05) is 12.1 Å². The van der Waals surface area contributed by atoms with Crippen molar-refractivity contribution in [3.63, 3.8) is 0 Å². The zero-order valence-corrected chi connectivity index (χ0v) is 29.6. The molecule has 6 rings (SSSR count). The molecule has 2 aliphatic heterocycles. The Morgan fingerprint density at radius 1 is 1.02 bits per heavy atom. The van der Waals surface area contributed by atoms with Crippen LogP contribution in [0.5, 0.6) is 11.6 Å². The van der Waals surface area contributed by atoms with E-state index in [1.165, 1.54) is 0 Å². The van der Waals surface area contributed by atoms with E-state index < -0.39 is 5.91 Å². The number of aromatic nitrogens is 3. The molecule has 3 aromatic heterocycles. The Morgan fingerprint density at radius 3 is 2.60 bits per heavy atom. The molecule has 3 N–H and O–H groups in total. The number of benzene rings is 1. The van der Waals surface area contributed by atoms with Crippen molar-refractivity contribution >= 4 is 40.7 Å². The number of amides is 2. The van der Waals surface area contributed by atoms with E-state index in [0.29, 0.717) is 76.8 Å². The highest BCUT2D eigenvalue weighted by molar-refractivity contribution is 6.39. The normalized spacial score (nSPS) is 16.2. The van der Waals surface area contributed by atoms with Crippen molar-refractivity contribution in [3.05, 3.63) is 81.7 Å². The zero-order chi connectivity index (χ0) is 35.2. The standard InChI is InChI=1S/C36H39Cl2N7O5/c1-48-20-21-17-45(18-21)19-23-15-41-29(13-30(23)49-2)35(47)43-28-6-4-5-26(32(28)37)34-33(38)25(11-12-40-34)27-9-7-22(36(44-27)50-3)14-39-16-24-8-10-31(46)42-24/h4-7,9,11-13,15,21,24,39H,8,10,14,16-20H2,1-3H3,(H,42,46)(H,43,47)/t24-/m1/s1. The lowest BCUT2D eigenvalue weighted by Crippen LogP contribution is -2.47. The molecule has 1 atom stereocenters. The van der Waals surface area contributed by atoms with Crippen molar-refractivity contribution < 1.29 is 23.8 Å². The van der Waals surface area contributed by atoms with Crippen LogP contribution in [-0.2, 0) is 22.6 Å². The average molecular weight is 721 g/mol. The molecule has 50 heavy (non-hydrogen) atoms. The van der Waals surface area contributed by atoms with Crippen LogP contribution in [0.4, 0.5) is 5.69 Å². The fourth-order valence-electron chi connectivity index (χ4n) is 6.26. The van der Waals surface area contributed by atoms with Crippen LogP contribution in [0.15, 0.2) is 54.9 Å². The maximum atomic E-state index is 13.3. The van der Waals surface area contributed by atoms with Gasteiger partial charge >= 0.3 is 0 Å². The van der Waals surface area contributed by atoms with Crippen LogP contribution in [0.2, 0.25) is 10.0 Å². The van der Waals surface area contributed by atoms with Gasteiger partial charge in [0.1, 0.15) is 11.4 Å². The van der Waals surface area contributed by atoms with Crippen molar-refractivity contribution in [2.45, 2.75) is 32.0 Å². The summed E-state index contributed by atoms with van der Waals surface area (Å²) in [4.78, 5) is 40.8. The molecule has 2 amide bonds. The van der Waals surface area contributed by atoms with Crippen molar-refractivity contribution in [1.82, 2.24) is 30.5 Å². The van der Waals surface area contributed by atoms with Crippen molar-refractivity contribution in [1.29, 1.82) is 0 Å². The molecule has 5 heterocycles. The molecule has 0 spiro atoms. The van der Waals surface area contributed by atoms with E-state index in [4.69, 9.17) is 42.4 Å². The number of methoxy groups -OCH3 is 3. The van der Waals surface area contributed by atoms with Crippen LogP contribution in [0.1, 0.15) is 34.5 Å². The first-order chi connectivity index (χ1) is 24.3. The highest BCUT2D eigenvalue weighted by atomic mass is 35.5. The fourth-order valence-corrected chi connectivity index (χ4v) is 6.83. The van der Waals surface area contributed by atoms with Gasteiger partial charge in [-0.2, -0.15) is 0 Å². The first-order valence-corrected chi connectivity index (χ1v) is 17.1. The quantitative estimate of drug-likeness (QED) is 0.159. The third-order valence-corrected chi connectivity index (χ3v) is 9.61. The smallest absolute Gasteiger partial charge is 0.274 e. The van der Waals surface area contributed by atoms with Gasteiger partial charge in [0, 0.05) is 98.9 Å². The third kappa shape index (κ3) is 8.00. The Kier molecular flexibility index (Phi) is 11.5. The van der Waals surface area contributed by atoms with Crippen LogP contribution in [0.3, 0.4) is 0 Å². The number of carbonyl (C=O) groups is 2. The van der Waals surface area contributed by atoms with E-state index in [9.17, 15) is 9.59 Å². The second-order valence-electron chi connectivity index (χ2n) is 12.3. The highest BCUT2D eigenvalue weighted by Crippen LogP contribution is 2.40. The predicted octanol–water partition coefficient (Wildman–Crippen LogP) is 5.23. The number of hydrogen-bond donors (Lipinski definition) is 3. The van der Waals surface area contributed by atoms with Crippen LogP contribution < -0.4 is 25.4 Å². The minimum atomic E-state index is -0.440. The van der Waals surface area contributed by atoms with Crippen molar-refractivity contribution in [2.75, 3.05) is 52.9 Å². The molecule has 0 bridgehead atoms. The van der Waals surface area contributed by atoms with Crippen molar-refractivity contribution in [3.8, 4) is 34.1 Å². The van der Waals surface area contributed by atoms with E-state index in [-0.39, 0.29) is 22.7 Å². The Labute approximate surface area is 300 Å². The molecule has 1 aromatic carbocycles. The van der Waals surface area contributed by atoms with Gasteiger partial charge in [0.25, 0.3) is 5.91 Å². The van der Waals surface area contributed by atoms with E-state index in [2.05, 4.69) is 30.8 Å². The number of ether oxygens (including phenoxy) is 3. The van der Waals surface area contributed by atoms with Gasteiger partial charge in [-0.05, 0) is 24.6 Å². The molecule has 2 aliphatic rings. The van der Waals surface area contributed by atoms with Gasteiger partial charge in [0.15, 0.2) is 0 Å².